The van der Waals surface area contributed by atoms with Crippen molar-refractivity contribution in [3.8, 4) is 5.75 Å². The van der Waals surface area contributed by atoms with Gasteiger partial charge in [-0.1, -0.05) is 31.9 Å². The van der Waals surface area contributed by atoms with Crippen LogP contribution < -0.4 is 9.64 Å². The van der Waals surface area contributed by atoms with E-state index in [4.69, 9.17) is 18.9 Å². The van der Waals surface area contributed by atoms with Gasteiger partial charge < -0.3 is 18.9 Å². The van der Waals surface area contributed by atoms with Crippen LogP contribution in [-0.2, 0) is 23.8 Å². The molecule has 0 saturated carbocycles. The second-order valence-corrected chi connectivity index (χ2v) is 9.88. The standard InChI is InChI=1S/C20H21Br2NO6/c1-3-26-11-6-4-10(5-7-11)23-16(24)12-13(17(23)25)20(18-27-8-9-28-18)15(22)14(21)19(12,2)29-20/h4-7,12-15,18H,3,8-9H2,1-2H3. The Morgan fingerprint density at radius 3 is 2.31 bits per heavy atom. The number of anilines is 1. The number of ether oxygens (including phenoxy) is 4. The highest BCUT2D eigenvalue weighted by molar-refractivity contribution is 9.12. The second kappa shape index (κ2) is 6.75. The highest BCUT2D eigenvalue weighted by Gasteiger charge is 2.82. The Hall–Kier alpha value is -1.00. The zero-order chi connectivity index (χ0) is 20.6. The van der Waals surface area contributed by atoms with Crippen molar-refractivity contribution < 1.29 is 28.5 Å². The average Bonchev–Trinajstić information content (AvgIpc) is 3.42. The molecule has 0 N–H and O–H groups in total. The molecular weight excluding hydrogens is 510 g/mol. The third-order valence-corrected chi connectivity index (χ3v) is 9.83. The first kappa shape index (κ1) is 19.9. The van der Waals surface area contributed by atoms with Crippen LogP contribution in [0.5, 0.6) is 5.75 Å². The number of alkyl halides is 2. The van der Waals surface area contributed by atoms with Crippen LogP contribution in [0.1, 0.15) is 13.8 Å². The Morgan fingerprint density at radius 1 is 1.07 bits per heavy atom. The first-order valence-electron chi connectivity index (χ1n) is 9.68. The van der Waals surface area contributed by atoms with Crippen LogP contribution in [0.3, 0.4) is 0 Å². The Kier molecular flexibility index (Phi) is 4.64. The second-order valence-electron chi connectivity index (χ2n) is 7.91. The fourth-order valence-corrected chi connectivity index (χ4v) is 7.15. The molecule has 6 atom stereocenters. The number of imide groups is 1. The molecule has 156 valence electrons. The Balaban J connectivity index is 1.57. The number of halogens is 2. The SMILES string of the molecule is CCOc1ccc(N2C(=O)C3C(C2=O)C2(C4OCCO4)OC3(C)C(Br)C2Br)cc1. The van der Waals surface area contributed by atoms with E-state index in [0.29, 0.717) is 31.3 Å². The fraction of sp³-hybridized carbons (Fsp3) is 0.600. The minimum absolute atomic E-state index is 0.180. The number of rotatable bonds is 4. The summed E-state index contributed by atoms with van der Waals surface area (Å²) in [5.41, 5.74) is -1.40. The predicted molar refractivity (Wildman–Crippen MR) is 110 cm³/mol. The van der Waals surface area contributed by atoms with E-state index in [1.165, 1.54) is 4.90 Å². The number of hydrogen-bond acceptors (Lipinski definition) is 6. The third kappa shape index (κ3) is 2.45. The summed E-state index contributed by atoms with van der Waals surface area (Å²) in [4.78, 5) is 27.9. The lowest BCUT2D eigenvalue weighted by Gasteiger charge is -2.39. The van der Waals surface area contributed by atoms with Crippen molar-refractivity contribution in [2.75, 3.05) is 24.7 Å². The predicted octanol–water partition coefficient (Wildman–Crippen LogP) is 2.63. The monoisotopic (exact) mass is 529 g/mol. The van der Waals surface area contributed by atoms with Crippen LogP contribution >= 0.6 is 31.9 Å². The summed E-state index contributed by atoms with van der Waals surface area (Å²) < 4.78 is 23.5. The van der Waals surface area contributed by atoms with Crippen molar-refractivity contribution in [1.82, 2.24) is 0 Å². The summed E-state index contributed by atoms with van der Waals surface area (Å²) >= 11 is 7.42. The minimum atomic E-state index is -1.07. The van der Waals surface area contributed by atoms with Gasteiger partial charge in [-0.3, -0.25) is 9.59 Å². The van der Waals surface area contributed by atoms with E-state index in [1.54, 1.807) is 24.3 Å². The van der Waals surface area contributed by atoms with Crippen LogP contribution in [0.25, 0.3) is 0 Å². The van der Waals surface area contributed by atoms with Gasteiger partial charge in [-0.25, -0.2) is 4.90 Å². The van der Waals surface area contributed by atoms with Gasteiger partial charge in [-0.2, -0.15) is 0 Å². The van der Waals surface area contributed by atoms with Gasteiger partial charge >= 0.3 is 0 Å². The van der Waals surface area contributed by atoms with Gasteiger partial charge in [-0.15, -0.1) is 0 Å². The summed E-state index contributed by atoms with van der Waals surface area (Å²) in [6.45, 7) is 5.19. The van der Waals surface area contributed by atoms with E-state index in [9.17, 15) is 9.59 Å². The normalized spacial score (nSPS) is 41.4. The average molecular weight is 531 g/mol. The maximum Gasteiger partial charge on any atom is 0.240 e. The summed E-state index contributed by atoms with van der Waals surface area (Å²) in [7, 11) is 0. The zero-order valence-electron chi connectivity index (χ0n) is 16.0. The molecule has 7 nitrogen and oxygen atoms in total. The first-order chi connectivity index (χ1) is 13.9. The lowest BCUT2D eigenvalue weighted by Crippen LogP contribution is -2.59. The van der Waals surface area contributed by atoms with E-state index >= 15 is 0 Å². The van der Waals surface area contributed by atoms with Gasteiger partial charge in [0.2, 0.25) is 11.8 Å². The molecule has 0 radical (unpaired) electrons. The molecule has 29 heavy (non-hydrogen) atoms. The van der Waals surface area contributed by atoms with E-state index < -0.39 is 29.3 Å². The summed E-state index contributed by atoms with van der Waals surface area (Å²) in [6.07, 6.45) is -0.708. The van der Waals surface area contributed by atoms with Gasteiger partial charge in [0, 0.05) is 0 Å². The number of amides is 2. The van der Waals surface area contributed by atoms with Crippen molar-refractivity contribution >= 4 is 49.4 Å². The van der Waals surface area contributed by atoms with E-state index in [-0.39, 0.29) is 21.5 Å². The quantitative estimate of drug-likeness (QED) is 0.440. The molecule has 5 rings (SSSR count). The van der Waals surface area contributed by atoms with Gasteiger partial charge in [-0.05, 0) is 38.1 Å². The summed E-state index contributed by atoms with van der Waals surface area (Å²) in [5.74, 6) is -1.15. The molecule has 0 aliphatic carbocycles. The zero-order valence-corrected chi connectivity index (χ0v) is 19.1. The number of carbonyl (C=O) groups is 2. The van der Waals surface area contributed by atoms with Crippen molar-refractivity contribution in [2.45, 2.75) is 41.0 Å². The van der Waals surface area contributed by atoms with Gasteiger partial charge in [0.05, 0.1) is 52.6 Å². The van der Waals surface area contributed by atoms with E-state index in [1.807, 2.05) is 13.8 Å². The van der Waals surface area contributed by atoms with E-state index in [0.717, 1.165) is 0 Å². The van der Waals surface area contributed by atoms with Gasteiger partial charge in [0.1, 0.15) is 11.4 Å². The molecule has 2 bridgehead atoms. The van der Waals surface area contributed by atoms with Crippen LogP contribution in [0.4, 0.5) is 5.69 Å². The molecule has 4 aliphatic rings. The lowest BCUT2D eigenvalue weighted by atomic mass is 9.67. The van der Waals surface area contributed by atoms with Gasteiger partial charge in [0.25, 0.3) is 0 Å². The number of fused-ring (bicyclic) bond motifs is 5. The summed E-state index contributed by atoms with van der Waals surface area (Å²) in [6, 6.07) is 7.00. The smallest absolute Gasteiger partial charge is 0.240 e. The largest absolute Gasteiger partial charge is 0.494 e. The Morgan fingerprint density at radius 2 is 1.69 bits per heavy atom. The molecule has 4 fully saturated rings. The van der Waals surface area contributed by atoms with Gasteiger partial charge in [0.15, 0.2) is 6.29 Å². The molecule has 0 aromatic heterocycles. The highest BCUT2D eigenvalue weighted by atomic mass is 79.9. The molecular formula is C20H21Br2NO6. The van der Waals surface area contributed by atoms with Crippen molar-refractivity contribution in [3.63, 3.8) is 0 Å². The van der Waals surface area contributed by atoms with Crippen molar-refractivity contribution in [2.24, 2.45) is 11.8 Å². The van der Waals surface area contributed by atoms with Crippen LogP contribution in [0, 0.1) is 11.8 Å². The maximum atomic E-state index is 13.6. The molecule has 2 amide bonds. The molecule has 9 heteroatoms. The first-order valence-corrected chi connectivity index (χ1v) is 11.5. The van der Waals surface area contributed by atoms with Crippen molar-refractivity contribution in [1.29, 1.82) is 0 Å². The topological polar surface area (TPSA) is 74.3 Å². The Bertz CT molecular complexity index is 855. The molecule has 0 spiro atoms. The molecule has 4 aliphatic heterocycles. The molecule has 4 saturated heterocycles. The maximum absolute atomic E-state index is 13.6. The van der Waals surface area contributed by atoms with Crippen LogP contribution in [0.15, 0.2) is 24.3 Å². The number of benzene rings is 1. The number of carbonyl (C=O) groups excluding carboxylic acids is 2. The molecule has 1 aromatic rings. The lowest BCUT2D eigenvalue weighted by molar-refractivity contribution is -0.200. The van der Waals surface area contributed by atoms with Crippen LogP contribution in [-0.4, -0.2) is 58.8 Å². The van der Waals surface area contributed by atoms with E-state index in [2.05, 4.69) is 31.9 Å². The minimum Gasteiger partial charge on any atom is -0.494 e. The van der Waals surface area contributed by atoms with Crippen LogP contribution in [0.2, 0.25) is 0 Å². The fourth-order valence-electron chi connectivity index (χ4n) is 5.24. The van der Waals surface area contributed by atoms with Crippen molar-refractivity contribution in [3.05, 3.63) is 24.3 Å². The molecule has 4 heterocycles. The number of nitrogens with zero attached hydrogens (tertiary/aromatic N) is 1. The highest BCUT2D eigenvalue weighted by Crippen LogP contribution is 2.66. The summed E-state index contributed by atoms with van der Waals surface area (Å²) in [5, 5.41) is 0. The molecule has 1 aromatic carbocycles. The third-order valence-electron chi connectivity index (χ3n) is 6.44. The Labute approximate surface area is 185 Å². The number of hydrogen-bond donors (Lipinski definition) is 0. The molecule has 6 unspecified atom stereocenters.